The fourth-order valence-corrected chi connectivity index (χ4v) is 1.41. The Morgan fingerprint density at radius 1 is 1.58 bits per heavy atom. The van der Waals surface area contributed by atoms with Crippen LogP contribution in [-0.4, -0.2) is 7.11 Å². The monoisotopic (exact) mass is 167 g/mol. The van der Waals surface area contributed by atoms with E-state index in [1.165, 1.54) is 12.8 Å². The van der Waals surface area contributed by atoms with Gasteiger partial charge in [-0.2, -0.15) is 0 Å². The highest BCUT2D eigenvalue weighted by atomic mass is 16.5. The van der Waals surface area contributed by atoms with Crippen molar-refractivity contribution in [2.75, 3.05) is 7.11 Å². The standard InChI is InChI=1S/C9H13NO2/c1-11-8-5-12-4-7(8)9(10)6-2-3-6/h4-6,9H,2-3,10H2,1H3/t9-/m0/s1. The van der Waals surface area contributed by atoms with Crippen LogP contribution in [0.25, 0.3) is 0 Å². The van der Waals surface area contributed by atoms with E-state index in [0.717, 1.165) is 11.3 Å². The molecule has 3 heteroatoms. The van der Waals surface area contributed by atoms with Gasteiger partial charge in [0, 0.05) is 11.6 Å². The molecule has 0 saturated heterocycles. The van der Waals surface area contributed by atoms with Crippen molar-refractivity contribution >= 4 is 0 Å². The molecule has 0 radical (unpaired) electrons. The van der Waals surface area contributed by atoms with Crippen LogP contribution in [0.5, 0.6) is 5.75 Å². The zero-order valence-corrected chi connectivity index (χ0v) is 7.12. The van der Waals surface area contributed by atoms with Crippen molar-refractivity contribution in [3.8, 4) is 5.75 Å². The number of ether oxygens (including phenoxy) is 1. The van der Waals surface area contributed by atoms with E-state index in [0.29, 0.717) is 5.92 Å². The molecular weight excluding hydrogens is 154 g/mol. The molecule has 2 rings (SSSR count). The molecule has 1 aromatic rings. The Morgan fingerprint density at radius 2 is 2.33 bits per heavy atom. The summed E-state index contributed by atoms with van der Waals surface area (Å²) in [6.07, 6.45) is 5.74. The highest BCUT2D eigenvalue weighted by Crippen LogP contribution is 2.42. The van der Waals surface area contributed by atoms with E-state index in [1.54, 1.807) is 19.6 Å². The van der Waals surface area contributed by atoms with E-state index in [2.05, 4.69) is 0 Å². The van der Waals surface area contributed by atoms with Crippen molar-refractivity contribution in [1.82, 2.24) is 0 Å². The van der Waals surface area contributed by atoms with Gasteiger partial charge < -0.3 is 14.9 Å². The minimum absolute atomic E-state index is 0.0960. The second kappa shape index (κ2) is 2.83. The molecule has 1 aliphatic rings. The molecule has 0 aliphatic heterocycles. The summed E-state index contributed by atoms with van der Waals surface area (Å²) in [5, 5.41) is 0. The second-order valence-electron chi connectivity index (χ2n) is 3.26. The number of rotatable bonds is 3. The Bertz CT molecular complexity index is 265. The Labute approximate surface area is 71.5 Å². The van der Waals surface area contributed by atoms with Gasteiger partial charge in [0.15, 0.2) is 5.75 Å². The third-order valence-corrected chi connectivity index (χ3v) is 2.36. The zero-order chi connectivity index (χ0) is 8.55. The molecular formula is C9H13NO2. The molecule has 12 heavy (non-hydrogen) atoms. The molecule has 1 heterocycles. The van der Waals surface area contributed by atoms with Crippen LogP contribution in [0, 0.1) is 5.92 Å². The average Bonchev–Trinajstić information content (AvgIpc) is 2.82. The van der Waals surface area contributed by atoms with Gasteiger partial charge in [0.1, 0.15) is 6.26 Å². The summed E-state index contributed by atoms with van der Waals surface area (Å²) in [6.45, 7) is 0. The molecule has 1 aromatic heterocycles. The van der Waals surface area contributed by atoms with Gasteiger partial charge in [-0.15, -0.1) is 0 Å². The maximum Gasteiger partial charge on any atom is 0.161 e. The largest absolute Gasteiger partial charge is 0.493 e. The summed E-state index contributed by atoms with van der Waals surface area (Å²) in [5.74, 6) is 1.41. The lowest BCUT2D eigenvalue weighted by molar-refractivity contribution is 0.399. The van der Waals surface area contributed by atoms with Crippen LogP contribution >= 0.6 is 0 Å². The average molecular weight is 167 g/mol. The molecule has 0 amide bonds. The van der Waals surface area contributed by atoms with Gasteiger partial charge >= 0.3 is 0 Å². The molecule has 0 unspecified atom stereocenters. The Kier molecular flexibility index (Phi) is 1.81. The van der Waals surface area contributed by atoms with Crippen molar-refractivity contribution in [2.45, 2.75) is 18.9 Å². The first-order valence-corrected chi connectivity index (χ1v) is 4.18. The predicted molar refractivity (Wildman–Crippen MR) is 44.9 cm³/mol. The first-order chi connectivity index (χ1) is 5.83. The highest BCUT2D eigenvalue weighted by molar-refractivity contribution is 5.31. The van der Waals surface area contributed by atoms with Crippen molar-refractivity contribution < 1.29 is 9.15 Å². The molecule has 1 atom stereocenters. The lowest BCUT2D eigenvalue weighted by Gasteiger charge is -2.08. The molecule has 0 bridgehead atoms. The van der Waals surface area contributed by atoms with Crippen LogP contribution in [0.3, 0.4) is 0 Å². The Balaban J connectivity index is 2.19. The van der Waals surface area contributed by atoms with Crippen molar-refractivity contribution in [2.24, 2.45) is 11.7 Å². The zero-order valence-electron chi connectivity index (χ0n) is 7.12. The van der Waals surface area contributed by atoms with Gasteiger partial charge in [0.2, 0.25) is 0 Å². The van der Waals surface area contributed by atoms with E-state index in [1.807, 2.05) is 0 Å². The van der Waals surface area contributed by atoms with Gasteiger partial charge in [-0.05, 0) is 18.8 Å². The van der Waals surface area contributed by atoms with E-state index < -0.39 is 0 Å². The molecule has 2 N–H and O–H groups in total. The predicted octanol–water partition coefficient (Wildman–Crippen LogP) is 1.70. The van der Waals surface area contributed by atoms with Crippen LogP contribution in [-0.2, 0) is 0 Å². The lowest BCUT2D eigenvalue weighted by Crippen LogP contribution is -2.12. The summed E-state index contributed by atoms with van der Waals surface area (Å²) < 4.78 is 10.1. The molecule has 1 aliphatic carbocycles. The molecule has 0 spiro atoms. The van der Waals surface area contributed by atoms with Gasteiger partial charge in [-0.25, -0.2) is 0 Å². The van der Waals surface area contributed by atoms with Crippen LogP contribution in [0.4, 0.5) is 0 Å². The number of hydrogen-bond donors (Lipinski definition) is 1. The summed E-state index contributed by atoms with van der Waals surface area (Å²) in [5.41, 5.74) is 6.98. The smallest absolute Gasteiger partial charge is 0.161 e. The van der Waals surface area contributed by atoms with Gasteiger partial charge in [0.05, 0.1) is 13.4 Å². The van der Waals surface area contributed by atoms with Gasteiger partial charge in [0.25, 0.3) is 0 Å². The summed E-state index contributed by atoms with van der Waals surface area (Å²) in [4.78, 5) is 0. The second-order valence-corrected chi connectivity index (χ2v) is 3.26. The first kappa shape index (κ1) is 7.68. The third-order valence-electron chi connectivity index (χ3n) is 2.36. The molecule has 66 valence electrons. The number of furan rings is 1. The normalized spacial score (nSPS) is 19.2. The van der Waals surface area contributed by atoms with E-state index >= 15 is 0 Å². The van der Waals surface area contributed by atoms with Crippen LogP contribution < -0.4 is 10.5 Å². The number of hydrogen-bond acceptors (Lipinski definition) is 3. The Morgan fingerprint density at radius 3 is 2.92 bits per heavy atom. The van der Waals surface area contributed by atoms with Crippen molar-refractivity contribution in [1.29, 1.82) is 0 Å². The van der Waals surface area contributed by atoms with E-state index in [4.69, 9.17) is 14.9 Å². The lowest BCUT2D eigenvalue weighted by atomic mass is 10.1. The fraction of sp³-hybridized carbons (Fsp3) is 0.556. The topological polar surface area (TPSA) is 48.4 Å². The van der Waals surface area contributed by atoms with Crippen LogP contribution in [0.1, 0.15) is 24.4 Å². The Hall–Kier alpha value is -0.960. The molecule has 0 aromatic carbocycles. The van der Waals surface area contributed by atoms with Gasteiger partial charge in [-0.3, -0.25) is 0 Å². The van der Waals surface area contributed by atoms with Crippen LogP contribution in [0.2, 0.25) is 0 Å². The van der Waals surface area contributed by atoms with Crippen molar-refractivity contribution in [3.63, 3.8) is 0 Å². The molecule has 3 nitrogen and oxygen atoms in total. The highest BCUT2D eigenvalue weighted by Gasteiger charge is 2.31. The first-order valence-electron chi connectivity index (χ1n) is 4.18. The maximum absolute atomic E-state index is 5.98. The van der Waals surface area contributed by atoms with E-state index in [9.17, 15) is 0 Å². The fourth-order valence-electron chi connectivity index (χ4n) is 1.41. The minimum atomic E-state index is 0.0960. The maximum atomic E-state index is 5.98. The SMILES string of the molecule is COc1cocc1[C@@H](N)C1CC1. The minimum Gasteiger partial charge on any atom is -0.493 e. The molecule has 1 fully saturated rings. The summed E-state index contributed by atoms with van der Waals surface area (Å²) >= 11 is 0. The number of methoxy groups -OCH3 is 1. The third kappa shape index (κ3) is 1.20. The summed E-state index contributed by atoms with van der Waals surface area (Å²) in [7, 11) is 1.63. The number of nitrogens with two attached hydrogens (primary N) is 1. The molecule has 1 saturated carbocycles. The van der Waals surface area contributed by atoms with E-state index in [-0.39, 0.29) is 6.04 Å². The van der Waals surface area contributed by atoms with Crippen LogP contribution in [0.15, 0.2) is 16.9 Å². The summed E-state index contributed by atoms with van der Waals surface area (Å²) in [6, 6.07) is 0.0960. The van der Waals surface area contributed by atoms with Crippen molar-refractivity contribution in [3.05, 3.63) is 18.1 Å². The quantitative estimate of drug-likeness (QED) is 0.745. The van der Waals surface area contributed by atoms with Gasteiger partial charge in [-0.1, -0.05) is 0 Å².